The Bertz CT molecular complexity index is 3520. The standard InChI is InChI=1S/C10H10ClN3O.C10H8ClNO2.C9H8ClNO.C8H8Cl2O.C8H9ClO2.C8H7ClO2.C7H5ClO2.CN.3CH4.B.4Na.3H/c1-15-9-3-2-6(11)4-7(9)8-5-13-14-10(8)12;1-14-10-3-2-8(11)4-9(10)7(5-12)6-13;1-12-9-3-2-8(10)6-7(9)4-5-11;1-11-8-3-2-7(10)4-6(8)5-9;2*1-11-8-3-2-7(9)4-6(8)5-10;8-6-1-2-7(10)5(3-6)4-9;1-2;;;;;;;;;;;/h2-5H,1H3,(H3,12,13,14);2-4,6-7H,1H3;2-3,6H,4H2,1H3;2-4H,5H2,1H3;2-4,10H,5H2,1H3;2-5H,1H3;1-4,10H;;3*1H4;;;;;;;;/q;;;;;;;-1;;;;;4*+1;3*-1. The van der Waals surface area contributed by atoms with Crippen molar-refractivity contribution in [2.24, 2.45) is 0 Å². The number of nitriles is 2. The molecule has 0 aliphatic carbocycles. The van der Waals surface area contributed by atoms with Crippen LogP contribution >= 0.6 is 92.8 Å². The number of aromatic amines is 1. The molecule has 3 radical (unpaired) electrons. The molecule has 94 heavy (non-hydrogen) atoms. The number of carbonyl (C=O) groups excluding carboxylic acids is 3. The number of rotatable bonds is 14. The number of anilines is 1. The number of ether oxygens (including phenoxy) is 6. The van der Waals surface area contributed by atoms with E-state index in [0.29, 0.717) is 118 Å². The van der Waals surface area contributed by atoms with Crippen LogP contribution in [0.1, 0.15) is 75.4 Å². The van der Waals surface area contributed by atoms with Gasteiger partial charge >= 0.3 is 118 Å². The third kappa shape index (κ3) is 38.2. The van der Waals surface area contributed by atoms with Gasteiger partial charge in [-0.15, -0.1) is 11.6 Å². The summed E-state index contributed by atoms with van der Waals surface area (Å²) < 4.78 is 30.2. The minimum absolute atomic E-state index is 0. The van der Waals surface area contributed by atoms with Crippen molar-refractivity contribution in [1.82, 2.24) is 10.2 Å². The molecule has 0 aliphatic heterocycles. The molecule has 1 heterocycles. The number of aliphatic hydroxyl groups is 1. The van der Waals surface area contributed by atoms with Crippen LogP contribution in [0.25, 0.3) is 11.1 Å². The van der Waals surface area contributed by atoms with Gasteiger partial charge in [0.15, 0.2) is 12.6 Å². The first-order valence-electron chi connectivity index (χ1n) is 24.1. The fraction of sp³-hybridized carbons (Fsp3) is 0.203. The molecular formula is C64H70BCl8N6Na4O11. The Kier molecular flexibility index (Phi) is 69.1. The summed E-state index contributed by atoms with van der Waals surface area (Å²) in [7, 11) is 9.33. The van der Waals surface area contributed by atoms with Gasteiger partial charge in [-0.25, -0.2) is 0 Å². The summed E-state index contributed by atoms with van der Waals surface area (Å²) in [4.78, 5) is 31.2. The van der Waals surface area contributed by atoms with Crippen molar-refractivity contribution in [2.75, 3.05) is 48.4 Å². The van der Waals surface area contributed by atoms with Crippen LogP contribution in [-0.2, 0) is 23.7 Å². The number of carbonyl (C=O) groups is 3. The average molecular weight is 1490 g/mol. The van der Waals surface area contributed by atoms with E-state index in [1.165, 1.54) is 32.4 Å². The van der Waals surface area contributed by atoms with Gasteiger partial charge in [0, 0.05) is 77.0 Å². The number of aromatic hydroxyl groups is 1. The van der Waals surface area contributed by atoms with Gasteiger partial charge in [-0.3, -0.25) is 14.7 Å². The number of nitrogen functional groups attached to an aromatic ring is 1. The number of alkyl halides is 1. The summed E-state index contributed by atoms with van der Waals surface area (Å²) >= 11 is 45.6. The normalized spacial score (nSPS) is 8.88. The summed E-state index contributed by atoms with van der Waals surface area (Å²) in [5.74, 6) is 3.95. The molecule has 1 aromatic heterocycles. The Labute approximate surface area is 686 Å². The Morgan fingerprint density at radius 1 is 0.543 bits per heavy atom. The first-order valence-corrected chi connectivity index (χ1v) is 27.2. The molecule has 0 amide bonds. The number of hydrogen-bond acceptors (Lipinski definition) is 16. The summed E-state index contributed by atoms with van der Waals surface area (Å²) in [5.41, 5.74) is 11.0. The zero-order valence-electron chi connectivity index (χ0n) is 54.2. The Hall–Kier alpha value is -4.03. The van der Waals surface area contributed by atoms with Gasteiger partial charge < -0.3 is 65.3 Å². The number of H-pyrrole nitrogens is 1. The van der Waals surface area contributed by atoms with E-state index in [1.807, 2.05) is 12.1 Å². The van der Waals surface area contributed by atoms with Crippen LogP contribution in [0.2, 0.25) is 35.2 Å². The predicted molar refractivity (Wildman–Crippen MR) is 367 cm³/mol. The zero-order valence-corrected chi connectivity index (χ0v) is 65.2. The number of phenolic OH excluding ortho intramolecular Hbond substituents is 1. The Morgan fingerprint density at radius 3 is 1.29 bits per heavy atom. The number of halogens is 8. The second-order valence-corrected chi connectivity index (χ2v) is 19.3. The molecule has 7 aromatic carbocycles. The molecule has 0 aliphatic rings. The van der Waals surface area contributed by atoms with Gasteiger partial charge in [-0.1, -0.05) is 103 Å². The molecule has 1 unspecified atom stereocenters. The zero-order chi connectivity index (χ0) is 64.7. The molecule has 0 bridgehead atoms. The summed E-state index contributed by atoms with van der Waals surface area (Å²) in [6, 6.07) is 39.0. The minimum atomic E-state index is -0.830. The maximum absolute atomic E-state index is 10.6. The molecule has 485 valence electrons. The second-order valence-electron chi connectivity index (χ2n) is 16.0. The first kappa shape index (κ1) is 106. The summed E-state index contributed by atoms with van der Waals surface area (Å²) in [6.45, 7) is 4.70. The molecule has 0 fully saturated rings. The maximum atomic E-state index is 10.6. The van der Waals surface area contributed by atoms with Crippen molar-refractivity contribution in [1.29, 1.82) is 15.8 Å². The topological polar surface area (TPSA) is 273 Å². The number of nitrogens with one attached hydrogen (secondary N) is 1. The van der Waals surface area contributed by atoms with E-state index in [4.69, 9.17) is 160 Å². The number of methoxy groups -OCH3 is 6. The van der Waals surface area contributed by atoms with E-state index in [1.54, 1.807) is 144 Å². The van der Waals surface area contributed by atoms with Crippen LogP contribution in [0.4, 0.5) is 5.82 Å². The molecule has 30 heteroatoms. The van der Waals surface area contributed by atoms with Crippen molar-refractivity contribution in [3.63, 3.8) is 0 Å². The number of nitrogens with zero attached hydrogens (tertiary/aromatic N) is 4. The quantitative estimate of drug-likeness (QED) is 0.0433. The van der Waals surface area contributed by atoms with E-state index in [0.717, 1.165) is 28.0 Å². The number of nitrogens with two attached hydrogens (primary N) is 1. The molecule has 0 saturated carbocycles. The third-order valence-electron chi connectivity index (χ3n) is 10.7. The van der Waals surface area contributed by atoms with Crippen LogP contribution in [0.15, 0.2) is 134 Å². The van der Waals surface area contributed by atoms with Gasteiger partial charge in [0.1, 0.15) is 58.3 Å². The van der Waals surface area contributed by atoms with E-state index in [-0.39, 0.29) is 171 Å². The minimum Gasteiger partial charge on any atom is -1.00 e. The largest absolute Gasteiger partial charge is 1.00 e. The van der Waals surface area contributed by atoms with E-state index >= 15 is 0 Å². The Morgan fingerprint density at radius 2 is 0.904 bits per heavy atom. The summed E-state index contributed by atoms with van der Waals surface area (Å²) in [6.07, 6.45) is 3.80. The molecule has 8 rings (SSSR count). The van der Waals surface area contributed by atoms with E-state index in [2.05, 4.69) is 10.2 Å². The second kappa shape index (κ2) is 61.3. The van der Waals surface area contributed by atoms with Crippen LogP contribution in [0, 0.1) is 34.5 Å². The van der Waals surface area contributed by atoms with Gasteiger partial charge in [0.2, 0.25) is 0 Å². The summed E-state index contributed by atoms with van der Waals surface area (Å²) in [5, 5.41) is 51.7. The molecule has 17 nitrogen and oxygen atoms in total. The number of aliphatic hydroxyl groups excluding tert-OH is 1. The molecule has 5 N–H and O–H groups in total. The van der Waals surface area contributed by atoms with Crippen LogP contribution in [0.3, 0.4) is 0 Å². The molecule has 8 aromatic rings. The van der Waals surface area contributed by atoms with Gasteiger partial charge in [-0.2, -0.15) is 15.6 Å². The van der Waals surface area contributed by atoms with Crippen molar-refractivity contribution in [3.8, 4) is 63.5 Å². The number of phenols is 1. The fourth-order valence-electron chi connectivity index (χ4n) is 6.63. The van der Waals surface area contributed by atoms with Crippen LogP contribution in [0.5, 0.6) is 40.2 Å². The van der Waals surface area contributed by atoms with Gasteiger partial charge in [0.05, 0.1) is 91.0 Å². The van der Waals surface area contributed by atoms with Crippen molar-refractivity contribution < 1.29 is 176 Å². The van der Waals surface area contributed by atoms with Crippen LogP contribution < -0.4 is 152 Å². The maximum Gasteiger partial charge on any atom is 1.00 e. The fourth-order valence-corrected chi connectivity index (χ4v) is 8.14. The number of benzene rings is 7. The third-order valence-corrected chi connectivity index (χ3v) is 12.6. The van der Waals surface area contributed by atoms with Crippen molar-refractivity contribution in [2.45, 2.75) is 47.1 Å². The van der Waals surface area contributed by atoms with E-state index < -0.39 is 5.92 Å². The number of aromatic nitrogens is 2. The van der Waals surface area contributed by atoms with Gasteiger partial charge in [-0.05, 0) is 127 Å². The number of aldehydes is 3. The van der Waals surface area contributed by atoms with Gasteiger partial charge in [0.25, 0.3) is 0 Å². The first-order chi connectivity index (χ1) is 41.3. The molecular weight excluding hydrogens is 1420 g/mol. The van der Waals surface area contributed by atoms with Crippen molar-refractivity contribution >= 4 is 126 Å². The van der Waals surface area contributed by atoms with Crippen LogP contribution in [-0.4, -0.2) is 90.3 Å². The smallest absolute Gasteiger partial charge is 1.00 e. The Balaban J connectivity index is -0.0000000969. The average Bonchev–Trinajstić information content (AvgIpc) is 1.79. The monoisotopic (exact) mass is 1480 g/mol. The van der Waals surface area contributed by atoms with E-state index in [9.17, 15) is 14.4 Å². The molecule has 1 atom stereocenters. The predicted octanol–water partition coefficient (Wildman–Crippen LogP) is 5.82. The SMILES string of the molecule is C.C.C.COc1ccc(Cl)cc1-c1cn[nH]c1N.COc1ccc(Cl)cc1C(C#N)C=O.COc1ccc(Cl)cc1C=O.COc1ccc(Cl)cc1CC#N.COc1ccc(Cl)cc1CCl.COc1ccc(Cl)cc1CO.O=Cc1cc(Cl)ccc1O.[B].[C-]#N.[H-].[H-].[H-].[Na+].[Na+].[Na+].[Na+]. The molecule has 0 spiro atoms. The number of hydrogen-bond donors (Lipinski definition) is 4. The van der Waals surface area contributed by atoms with Crippen molar-refractivity contribution in [3.05, 3.63) is 209 Å². The molecule has 0 saturated heterocycles.